The second-order valence-corrected chi connectivity index (χ2v) is 8.83. The summed E-state index contributed by atoms with van der Waals surface area (Å²) in [7, 11) is -3.91. The van der Waals surface area contributed by atoms with Crippen molar-refractivity contribution in [3.8, 4) is 11.5 Å². The molecule has 0 unspecified atom stereocenters. The number of nitrogens with zero attached hydrogens (tertiary/aromatic N) is 1. The van der Waals surface area contributed by atoms with Gasteiger partial charge in [0, 0.05) is 17.2 Å². The standard InChI is InChI=1S/C23H22N2O6S/c26-23(24-19-8-9-21-22(15-19)31-13-12-30-21)17-25(16-20-7-4-11-29-20)32(27,28)14-10-18-5-2-1-3-6-18/h1-11,14-15H,12-13,16-17H2,(H,24,26)/b14-10+. The van der Waals surface area contributed by atoms with E-state index in [2.05, 4.69) is 5.32 Å². The minimum atomic E-state index is -3.91. The van der Waals surface area contributed by atoms with Gasteiger partial charge in [-0.05, 0) is 35.9 Å². The summed E-state index contributed by atoms with van der Waals surface area (Å²) < 4.78 is 43.3. The van der Waals surface area contributed by atoms with Crippen molar-refractivity contribution in [3.63, 3.8) is 0 Å². The second-order valence-electron chi connectivity index (χ2n) is 7.01. The fourth-order valence-corrected chi connectivity index (χ4v) is 4.21. The molecule has 0 saturated carbocycles. The normalized spacial score (nSPS) is 13.4. The van der Waals surface area contributed by atoms with E-state index in [-0.39, 0.29) is 6.54 Å². The minimum Gasteiger partial charge on any atom is -0.486 e. The predicted molar refractivity (Wildman–Crippen MR) is 120 cm³/mol. The van der Waals surface area contributed by atoms with Crippen molar-refractivity contribution in [2.24, 2.45) is 0 Å². The van der Waals surface area contributed by atoms with Gasteiger partial charge in [-0.3, -0.25) is 4.79 Å². The summed E-state index contributed by atoms with van der Waals surface area (Å²) in [5, 5.41) is 3.80. The first-order valence-corrected chi connectivity index (χ1v) is 11.5. The molecule has 0 spiro atoms. The summed E-state index contributed by atoms with van der Waals surface area (Å²) in [5.41, 5.74) is 1.21. The van der Waals surface area contributed by atoms with Crippen LogP contribution >= 0.6 is 0 Å². The van der Waals surface area contributed by atoms with Crippen molar-refractivity contribution in [1.29, 1.82) is 0 Å². The van der Waals surface area contributed by atoms with Gasteiger partial charge in [0.25, 0.3) is 0 Å². The zero-order valence-electron chi connectivity index (χ0n) is 17.1. The average Bonchev–Trinajstić information content (AvgIpc) is 3.31. The molecule has 2 heterocycles. The predicted octanol–water partition coefficient (Wildman–Crippen LogP) is 3.49. The molecule has 1 amide bonds. The number of sulfonamides is 1. The number of benzene rings is 2. The van der Waals surface area contributed by atoms with Crippen molar-refractivity contribution in [2.45, 2.75) is 6.54 Å². The molecule has 2 aromatic carbocycles. The monoisotopic (exact) mass is 454 g/mol. The molecule has 0 aliphatic carbocycles. The molecule has 32 heavy (non-hydrogen) atoms. The van der Waals surface area contributed by atoms with E-state index < -0.39 is 22.5 Å². The fourth-order valence-electron chi connectivity index (χ4n) is 3.11. The minimum absolute atomic E-state index is 0.0803. The Morgan fingerprint density at radius 2 is 1.78 bits per heavy atom. The summed E-state index contributed by atoms with van der Waals surface area (Å²) in [5.74, 6) is 1.06. The Kier molecular flexibility index (Phi) is 6.58. The van der Waals surface area contributed by atoms with Gasteiger partial charge in [-0.2, -0.15) is 4.31 Å². The maximum Gasteiger partial charge on any atom is 0.239 e. The van der Waals surface area contributed by atoms with Crippen molar-refractivity contribution in [1.82, 2.24) is 4.31 Å². The molecule has 4 rings (SSSR count). The van der Waals surface area contributed by atoms with Crippen molar-refractivity contribution >= 4 is 27.7 Å². The highest BCUT2D eigenvalue weighted by molar-refractivity contribution is 7.92. The molecule has 1 aliphatic rings. The van der Waals surface area contributed by atoms with Gasteiger partial charge >= 0.3 is 0 Å². The van der Waals surface area contributed by atoms with Gasteiger partial charge in [-0.15, -0.1) is 0 Å². The highest BCUT2D eigenvalue weighted by Crippen LogP contribution is 2.32. The number of nitrogens with one attached hydrogen (secondary N) is 1. The van der Waals surface area contributed by atoms with E-state index in [0.29, 0.717) is 36.2 Å². The molecular formula is C23H22N2O6S. The Bertz CT molecular complexity index is 1190. The van der Waals surface area contributed by atoms with Crippen LogP contribution in [0.25, 0.3) is 6.08 Å². The van der Waals surface area contributed by atoms with Crippen LogP contribution in [0.15, 0.2) is 76.8 Å². The SMILES string of the molecule is O=C(CN(Cc1ccco1)S(=O)(=O)/C=C/c1ccccc1)Nc1ccc2c(c1)OCCO2. The number of ether oxygens (including phenoxy) is 2. The van der Waals surface area contributed by atoms with Gasteiger partial charge in [-0.25, -0.2) is 8.42 Å². The smallest absolute Gasteiger partial charge is 0.239 e. The van der Waals surface area contributed by atoms with Crippen LogP contribution in [0.5, 0.6) is 11.5 Å². The zero-order chi connectivity index (χ0) is 22.4. The van der Waals surface area contributed by atoms with E-state index in [9.17, 15) is 13.2 Å². The first-order chi connectivity index (χ1) is 15.5. The molecule has 3 aromatic rings. The number of anilines is 1. The highest BCUT2D eigenvalue weighted by atomic mass is 32.2. The van der Waals surface area contributed by atoms with Gasteiger partial charge in [-0.1, -0.05) is 30.3 Å². The lowest BCUT2D eigenvalue weighted by Gasteiger charge is -2.20. The molecule has 1 aliphatic heterocycles. The van der Waals surface area contributed by atoms with E-state index >= 15 is 0 Å². The van der Waals surface area contributed by atoms with Crippen molar-refractivity contribution < 1.29 is 27.1 Å². The Morgan fingerprint density at radius 3 is 2.53 bits per heavy atom. The van der Waals surface area contributed by atoms with E-state index in [4.69, 9.17) is 13.9 Å². The van der Waals surface area contributed by atoms with Crippen molar-refractivity contribution in [3.05, 3.63) is 83.7 Å². The van der Waals surface area contributed by atoms with E-state index in [1.54, 1.807) is 42.5 Å². The molecule has 1 aromatic heterocycles. The molecule has 1 N–H and O–H groups in total. The van der Waals surface area contributed by atoms with E-state index in [0.717, 1.165) is 15.3 Å². The number of amides is 1. The molecule has 0 atom stereocenters. The summed E-state index contributed by atoms with van der Waals surface area (Å²) >= 11 is 0. The summed E-state index contributed by atoms with van der Waals surface area (Å²) in [6.07, 6.45) is 2.94. The van der Waals surface area contributed by atoms with Crippen LogP contribution in [0.2, 0.25) is 0 Å². The third-order valence-electron chi connectivity index (χ3n) is 4.65. The lowest BCUT2D eigenvalue weighted by Crippen LogP contribution is -2.36. The lowest BCUT2D eigenvalue weighted by atomic mass is 10.2. The van der Waals surface area contributed by atoms with Crippen LogP contribution in [0.4, 0.5) is 5.69 Å². The first-order valence-electron chi connectivity index (χ1n) is 9.95. The molecule has 0 fully saturated rings. The Labute approximate surface area is 186 Å². The number of hydrogen-bond donors (Lipinski definition) is 1. The number of carbonyl (C=O) groups excluding carboxylic acids is 1. The fraction of sp³-hybridized carbons (Fsp3) is 0.174. The van der Waals surface area contributed by atoms with E-state index in [1.165, 1.54) is 12.3 Å². The Hall–Kier alpha value is -3.56. The molecule has 0 radical (unpaired) electrons. The maximum atomic E-state index is 13.0. The third-order valence-corrected chi connectivity index (χ3v) is 6.11. The molecule has 0 bridgehead atoms. The molecule has 9 heteroatoms. The Balaban J connectivity index is 1.50. The van der Waals surface area contributed by atoms with Crippen LogP contribution < -0.4 is 14.8 Å². The zero-order valence-corrected chi connectivity index (χ0v) is 18.0. The van der Waals surface area contributed by atoms with Gasteiger partial charge in [0.1, 0.15) is 19.0 Å². The lowest BCUT2D eigenvalue weighted by molar-refractivity contribution is -0.116. The van der Waals surface area contributed by atoms with Crippen LogP contribution in [0.3, 0.4) is 0 Å². The topological polar surface area (TPSA) is 98.1 Å². The molecule has 0 saturated heterocycles. The van der Waals surface area contributed by atoms with Crippen LogP contribution in [-0.2, 0) is 21.4 Å². The summed E-state index contributed by atoms with van der Waals surface area (Å²) in [6.45, 7) is 0.418. The Morgan fingerprint density at radius 1 is 1.00 bits per heavy atom. The summed E-state index contributed by atoms with van der Waals surface area (Å²) in [4.78, 5) is 12.7. The summed E-state index contributed by atoms with van der Waals surface area (Å²) in [6, 6.07) is 17.4. The van der Waals surface area contributed by atoms with Crippen molar-refractivity contribution in [2.75, 3.05) is 25.1 Å². The number of furan rings is 1. The quantitative estimate of drug-likeness (QED) is 0.560. The second kappa shape index (κ2) is 9.71. The van der Waals surface area contributed by atoms with Gasteiger partial charge < -0.3 is 19.2 Å². The number of rotatable bonds is 8. The van der Waals surface area contributed by atoms with Gasteiger partial charge in [0.15, 0.2) is 11.5 Å². The van der Waals surface area contributed by atoms with Crippen LogP contribution in [0, 0.1) is 0 Å². The first kappa shape index (κ1) is 21.7. The van der Waals surface area contributed by atoms with E-state index in [1.807, 2.05) is 18.2 Å². The molecule has 166 valence electrons. The van der Waals surface area contributed by atoms with Crippen LogP contribution in [-0.4, -0.2) is 38.4 Å². The third kappa shape index (κ3) is 5.57. The average molecular weight is 455 g/mol. The number of carbonyl (C=O) groups is 1. The number of fused-ring (bicyclic) bond motifs is 1. The number of hydrogen-bond acceptors (Lipinski definition) is 6. The largest absolute Gasteiger partial charge is 0.486 e. The highest BCUT2D eigenvalue weighted by Gasteiger charge is 2.24. The van der Waals surface area contributed by atoms with Gasteiger partial charge in [0.05, 0.1) is 19.4 Å². The van der Waals surface area contributed by atoms with Crippen LogP contribution in [0.1, 0.15) is 11.3 Å². The maximum absolute atomic E-state index is 13.0. The molecular weight excluding hydrogens is 432 g/mol. The van der Waals surface area contributed by atoms with Gasteiger partial charge in [0.2, 0.25) is 15.9 Å². The molecule has 8 nitrogen and oxygen atoms in total.